The third-order valence-corrected chi connectivity index (χ3v) is 4.11. The summed E-state index contributed by atoms with van der Waals surface area (Å²) in [5, 5.41) is 0. The number of hydrogen-bond acceptors (Lipinski definition) is 1. The topological polar surface area (TPSA) is 3.24 Å². The third-order valence-electron chi connectivity index (χ3n) is 4.11. The number of hydrogen-bond donors (Lipinski definition) is 0. The van der Waals surface area contributed by atoms with Gasteiger partial charge in [0, 0.05) is 12.1 Å². The molecule has 0 saturated heterocycles. The molecule has 0 aromatic rings. The normalized spacial score (nSPS) is 13.6. The molecule has 0 aliphatic heterocycles. The van der Waals surface area contributed by atoms with Crippen LogP contribution in [0.2, 0.25) is 0 Å². The van der Waals surface area contributed by atoms with E-state index in [1.165, 1.54) is 44.1 Å². The SMILES string of the molecule is C=C/C=C\C=C(/C)CC(CCC)N(C=C)C(CCC)CCC. The summed E-state index contributed by atoms with van der Waals surface area (Å²) in [5.41, 5.74) is 1.43. The standard InChI is InChI=1S/C21H37N/c1-7-12-13-17-19(6)18-21(16-10-4)22(11-5)20(14-8-2)15-9-3/h7,11-13,17,20-21H,1,5,8-10,14-16,18H2,2-4,6H3/b13-12-,19-17+. The number of rotatable bonds is 13. The first kappa shape index (κ1) is 20.8. The van der Waals surface area contributed by atoms with E-state index in [4.69, 9.17) is 0 Å². The van der Waals surface area contributed by atoms with Gasteiger partial charge in [-0.3, -0.25) is 0 Å². The Kier molecular flexibility index (Phi) is 12.7. The van der Waals surface area contributed by atoms with Crippen LogP contribution < -0.4 is 0 Å². The van der Waals surface area contributed by atoms with Crippen LogP contribution in [0.5, 0.6) is 0 Å². The van der Waals surface area contributed by atoms with Crippen molar-refractivity contribution in [2.24, 2.45) is 0 Å². The highest BCUT2D eigenvalue weighted by Gasteiger charge is 2.21. The third kappa shape index (κ3) is 8.26. The molecule has 0 radical (unpaired) electrons. The van der Waals surface area contributed by atoms with Gasteiger partial charge in [-0.2, -0.15) is 0 Å². The molecule has 1 heteroatoms. The molecule has 0 fully saturated rings. The van der Waals surface area contributed by atoms with Gasteiger partial charge in [0.1, 0.15) is 0 Å². The molecule has 0 amide bonds. The van der Waals surface area contributed by atoms with Crippen molar-refractivity contribution in [2.45, 2.75) is 84.7 Å². The Balaban J connectivity index is 5.05. The van der Waals surface area contributed by atoms with E-state index >= 15 is 0 Å². The molecule has 1 unspecified atom stereocenters. The lowest BCUT2D eigenvalue weighted by Crippen LogP contribution is -2.39. The van der Waals surface area contributed by atoms with Gasteiger partial charge in [-0.05, 0) is 38.8 Å². The van der Waals surface area contributed by atoms with Crippen molar-refractivity contribution in [3.63, 3.8) is 0 Å². The second kappa shape index (κ2) is 13.4. The van der Waals surface area contributed by atoms with Gasteiger partial charge in [0.2, 0.25) is 0 Å². The van der Waals surface area contributed by atoms with Crippen molar-refractivity contribution in [1.82, 2.24) is 4.90 Å². The first-order chi connectivity index (χ1) is 10.6. The van der Waals surface area contributed by atoms with Crippen LogP contribution in [0.3, 0.4) is 0 Å². The minimum atomic E-state index is 0.569. The van der Waals surface area contributed by atoms with Crippen molar-refractivity contribution >= 4 is 0 Å². The van der Waals surface area contributed by atoms with Crippen molar-refractivity contribution in [2.75, 3.05) is 0 Å². The van der Waals surface area contributed by atoms with E-state index in [-0.39, 0.29) is 0 Å². The summed E-state index contributed by atoms with van der Waals surface area (Å²) >= 11 is 0. The lowest BCUT2D eigenvalue weighted by atomic mass is 9.96. The summed E-state index contributed by atoms with van der Waals surface area (Å²) in [6.07, 6.45) is 18.8. The molecule has 0 spiro atoms. The predicted molar refractivity (Wildman–Crippen MR) is 102 cm³/mol. The lowest BCUT2D eigenvalue weighted by Gasteiger charge is -2.38. The Morgan fingerprint density at radius 1 is 0.909 bits per heavy atom. The molecule has 1 nitrogen and oxygen atoms in total. The fourth-order valence-electron chi connectivity index (χ4n) is 3.13. The second-order valence-corrected chi connectivity index (χ2v) is 6.14. The first-order valence-electron chi connectivity index (χ1n) is 8.99. The summed E-state index contributed by atoms with van der Waals surface area (Å²) in [4.78, 5) is 2.55. The molecule has 0 aromatic carbocycles. The molecule has 0 N–H and O–H groups in total. The summed E-state index contributed by atoms with van der Waals surface area (Å²) < 4.78 is 0. The Labute approximate surface area is 139 Å². The largest absolute Gasteiger partial charge is 0.372 e. The highest BCUT2D eigenvalue weighted by Crippen LogP contribution is 2.23. The summed E-state index contributed by atoms with van der Waals surface area (Å²) in [5.74, 6) is 0. The Morgan fingerprint density at radius 2 is 1.45 bits per heavy atom. The second-order valence-electron chi connectivity index (χ2n) is 6.14. The average molecular weight is 304 g/mol. The quantitative estimate of drug-likeness (QED) is 0.344. The van der Waals surface area contributed by atoms with Crippen LogP contribution in [-0.2, 0) is 0 Å². The number of allylic oxidation sites excluding steroid dienone is 4. The molecule has 0 rings (SSSR count). The number of nitrogens with zero attached hydrogens (tertiary/aromatic N) is 1. The zero-order valence-corrected chi connectivity index (χ0v) is 15.4. The zero-order valence-electron chi connectivity index (χ0n) is 15.4. The summed E-state index contributed by atoms with van der Waals surface area (Å²) in [6.45, 7) is 16.9. The van der Waals surface area contributed by atoms with Gasteiger partial charge in [-0.1, -0.05) is 83.1 Å². The van der Waals surface area contributed by atoms with E-state index in [2.05, 4.69) is 64.1 Å². The Hall–Kier alpha value is -1.24. The summed E-state index contributed by atoms with van der Waals surface area (Å²) in [7, 11) is 0. The van der Waals surface area contributed by atoms with E-state index in [9.17, 15) is 0 Å². The van der Waals surface area contributed by atoms with Crippen LogP contribution in [-0.4, -0.2) is 17.0 Å². The minimum Gasteiger partial charge on any atom is -0.372 e. The first-order valence-corrected chi connectivity index (χ1v) is 8.99. The maximum atomic E-state index is 4.11. The van der Waals surface area contributed by atoms with Gasteiger partial charge in [0.15, 0.2) is 0 Å². The molecule has 22 heavy (non-hydrogen) atoms. The minimum absolute atomic E-state index is 0.569. The zero-order chi connectivity index (χ0) is 16.8. The van der Waals surface area contributed by atoms with Crippen LogP contribution in [0.25, 0.3) is 0 Å². The van der Waals surface area contributed by atoms with Gasteiger partial charge < -0.3 is 4.90 Å². The Morgan fingerprint density at radius 3 is 1.91 bits per heavy atom. The van der Waals surface area contributed by atoms with E-state index in [1.54, 1.807) is 0 Å². The van der Waals surface area contributed by atoms with E-state index < -0.39 is 0 Å². The molecule has 1 atom stereocenters. The van der Waals surface area contributed by atoms with Crippen molar-refractivity contribution in [3.05, 3.63) is 49.2 Å². The fraction of sp³-hybridized carbons (Fsp3) is 0.619. The maximum Gasteiger partial charge on any atom is 0.0324 e. The van der Waals surface area contributed by atoms with Crippen LogP contribution >= 0.6 is 0 Å². The molecule has 0 saturated carbocycles. The molecular formula is C21H37N. The average Bonchev–Trinajstić information content (AvgIpc) is 2.49. The lowest BCUT2D eigenvalue weighted by molar-refractivity contribution is 0.172. The molecular weight excluding hydrogens is 266 g/mol. The highest BCUT2D eigenvalue weighted by atomic mass is 15.2. The van der Waals surface area contributed by atoms with Crippen LogP contribution in [0.15, 0.2) is 49.2 Å². The molecule has 0 heterocycles. The van der Waals surface area contributed by atoms with Gasteiger partial charge in [-0.25, -0.2) is 0 Å². The molecule has 0 aliphatic carbocycles. The maximum absolute atomic E-state index is 4.11. The van der Waals surface area contributed by atoms with E-state index in [0.717, 1.165) is 6.42 Å². The van der Waals surface area contributed by atoms with Crippen molar-refractivity contribution in [1.29, 1.82) is 0 Å². The van der Waals surface area contributed by atoms with Gasteiger partial charge in [-0.15, -0.1) is 0 Å². The van der Waals surface area contributed by atoms with E-state index in [0.29, 0.717) is 12.1 Å². The molecule has 0 aliphatic rings. The van der Waals surface area contributed by atoms with Gasteiger partial charge >= 0.3 is 0 Å². The van der Waals surface area contributed by atoms with Crippen molar-refractivity contribution in [3.8, 4) is 0 Å². The van der Waals surface area contributed by atoms with Gasteiger partial charge in [0.25, 0.3) is 0 Å². The molecule has 126 valence electrons. The fourth-order valence-corrected chi connectivity index (χ4v) is 3.13. The smallest absolute Gasteiger partial charge is 0.0324 e. The summed E-state index contributed by atoms with van der Waals surface area (Å²) in [6, 6.07) is 1.21. The highest BCUT2D eigenvalue weighted by molar-refractivity contribution is 5.15. The van der Waals surface area contributed by atoms with Crippen LogP contribution in [0.4, 0.5) is 0 Å². The van der Waals surface area contributed by atoms with E-state index in [1.807, 2.05) is 12.2 Å². The molecule has 0 bridgehead atoms. The monoisotopic (exact) mass is 303 g/mol. The Bertz CT molecular complexity index is 345. The van der Waals surface area contributed by atoms with Crippen LogP contribution in [0, 0.1) is 0 Å². The predicted octanol–water partition coefficient (Wildman–Crippen LogP) is 6.65. The van der Waals surface area contributed by atoms with Crippen LogP contribution in [0.1, 0.15) is 72.6 Å². The van der Waals surface area contributed by atoms with Gasteiger partial charge in [0.05, 0.1) is 0 Å². The van der Waals surface area contributed by atoms with Crippen molar-refractivity contribution < 1.29 is 0 Å². The molecule has 0 aromatic heterocycles.